The van der Waals surface area contributed by atoms with Gasteiger partial charge in [-0.3, -0.25) is 9.58 Å². The van der Waals surface area contributed by atoms with E-state index in [0.29, 0.717) is 12.1 Å². The summed E-state index contributed by atoms with van der Waals surface area (Å²) in [5.41, 5.74) is 7.32. The average molecular weight is 280 g/mol. The molecular weight excluding hydrogens is 256 g/mol. The van der Waals surface area contributed by atoms with Crippen LogP contribution in [0.5, 0.6) is 0 Å². The van der Waals surface area contributed by atoms with Gasteiger partial charge in [0.2, 0.25) is 0 Å². The van der Waals surface area contributed by atoms with Gasteiger partial charge in [0.1, 0.15) is 5.82 Å². The average Bonchev–Trinajstić information content (AvgIpc) is 2.69. The van der Waals surface area contributed by atoms with E-state index in [4.69, 9.17) is 10.9 Å². The minimum absolute atomic E-state index is 0.116. The highest BCUT2D eigenvalue weighted by Gasteiger charge is 2.31. The van der Waals surface area contributed by atoms with Crippen LogP contribution < -0.4 is 10.6 Å². The van der Waals surface area contributed by atoms with Gasteiger partial charge in [0.25, 0.3) is 0 Å². The van der Waals surface area contributed by atoms with Crippen LogP contribution in [0.2, 0.25) is 0 Å². The van der Waals surface area contributed by atoms with E-state index < -0.39 is 0 Å². The normalized spacial score (nSPS) is 25.2. The van der Waals surface area contributed by atoms with Gasteiger partial charge < -0.3 is 15.8 Å². The van der Waals surface area contributed by atoms with E-state index >= 15 is 0 Å². The Morgan fingerprint density at radius 2 is 1.85 bits per heavy atom. The molecule has 7 nitrogen and oxygen atoms in total. The number of hydrogen-bond acceptors (Lipinski definition) is 5. The molecule has 2 atom stereocenters. The van der Waals surface area contributed by atoms with Gasteiger partial charge in [0, 0.05) is 32.2 Å². The van der Waals surface area contributed by atoms with Crippen LogP contribution in [0.3, 0.4) is 0 Å². The molecule has 0 aliphatic carbocycles. The standard InChI is InChI=1S/C13H24N6O/c1-8-6-19(7-9(2)17(8)4)13-11(12(14)16-20)10(3)15-18(13)5/h8-9,20H,6-7H2,1-5H3,(H2,14,16). The van der Waals surface area contributed by atoms with Crippen LogP contribution in [0.25, 0.3) is 0 Å². The molecule has 2 rings (SSSR count). The number of amidine groups is 1. The minimum atomic E-state index is 0.116. The predicted octanol–water partition coefficient (Wildman–Crippen LogP) is 0.352. The number of nitrogens with two attached hydrogens (primary N) is 1. The fourth-order valence-electron chi connectivity index (χ4n) is 2.94. The Morgan fingerprint density at radius 1 is 1.30 bits per heavy atom. The van der Waals surface area contributed by atoms with Crippen LogP contribution in [0.15, 0.2) is 5.16 Å². The van der Waals surface area contributed by atoms with Crippen LogP contribution >= 0.6 is 0 Å². The second-order valence-electron chi connectivity index (χ2n) is 5.66. The van der Waals surface area contributed by atoms with Crippen molar-refractivity contribution in [3.63, 3.8) is 0 Å². The van der Waals surface area contributed by atoms with Crippen molar-refractivity contribution in [2.45, 2.75) is 32.9 Å². The first-order valence-electron chi connectivity index (χ1n) is 6.85. The molecule has 7 heteroatoms. The summed E-state index contributed by atoms with van der Waals surface area (Å²) in [6, 6.07) is 0.878. The molecule has 0 saturated carbocycles. The first-order chi connectivity index (χ1) is 9.36. The van der Waals surface area contributed by atoms with Crippen molar-refractivity contribution < 1.29 is 5.21 Å². The van der Waals surface area contributed by atoms with E-state index in [9.17, 15) is 0 Å². The number of rotatable bonds is 2. The number of likely N-dealkylation sites (N-methyl/N-ethyl adjacent to an activating group) is 1. The molecule has 1 aromatic heterocycles. The fraction of sp³-hybridized carbons (Fsp3) is 0.692. The highest BCUT2D eigenvalue weighted by Crippen LogP contribution is 2.26. The second kappa shape index (κ2) is 5.32. The van der Waals surface area contributed by atoms with Crippen molar-refractivity contribution in [3.05, 3.63) is 11.3 Å². The number of nitrogens with zero attached hydrogens (tertiary/aromatic N) is 5. The number of piperazine rings is 1. The summed E-state index contributed by atoms with van der Waals surface area (Å²) >= 11 is 0. The topological polar surface area (TPSA) is 82.9 Å². The number of anilines is 1. The summed E-state index contributed by atoms with van der Waals surface area (Å²) in [4.78, 5) is 4.63. The highest BCUT2D eigenvalue weighted by atomic mass is 16.4. The molecule has 112 valence electrons. The summed E-state index contributed by atoms with van der Waals surface area (Å²) in [7, 11) is 4.04. The van der Waals surface area contributed by atoms with Gasteiger partial charge >= 0.3 is 0 Å². The maximum absolute atomic E-state index is 8.99. The van der Waals surface area contributed by atoms with Crippen molar-refractivity contribution in [3.8, 4) is 0 Å². The van der Waals surface area contributed by atoms with Gasteiger partial charge in [0.15, 0.2) is 5.84 Å². The van der Waals surface area contributed by atoms with Crippen molar-refractivity contribution >= 4 is 11.7 Å². The summed E-state index contributed by atoms with van der Waals surface area (Å²) in [5.74, 6) is 1.04. The van der Waals surface area contributed by atoms with Gasteiger partial charge in [-0.25, -0.2) is 0 Å². The molecule has 0 radical (unpaired) electrons. The summed E-state index contributed by atoms with van der Waals surface area (Å²) in [6.07, 6.45) is 0. The first kappa shape index (κ1) is 14.6. The minimum Gasteiger partial charge on any atom is -0.409 e. The monoisotopic (exact) mass is 280 g/mol. The Bertz CT molecular complexity index is 511. The molecule has 2 heterocycles. The lowest BCUT2D eigenvalue weighted by molar-refractivity contribution is 0.169. The van der Waals surface area contributed by atoms with Crippen LogP contribution in [0, 0.1) is 6.92 Å². The molecule has 3 N–H and O–H groups in total. The fourth-order valence-corrected chi connectivity index (χ4v) is 2.94. The van der Waals surface area contributed by atoms with Gasteiger partial charge in [-0.15, -0.1) is 0 Å². The zero-order valence-electron chi connectivity index (χ0n) is 12.8. The van der Waals surface area contributed by atoms with E-state index in [1.807, 2.05) is 18.7 Å². The zero-order valence-corrected chi connectivity index (χ0v) is 12.8. The summed E-state index contributed by atoms with van der Waals surface area (Å²) < 4.78 is 1.81. The van der Waals surface area contributed by atoms with Gasteiger partial charge in [-0.05, 0) is 27.8 Å². The number of aromatic nitrogens is 2. The molecule has 2 unspecified atom stereocenters. The molecule has 1 aromatic rings. The predicted molar refractivity (Wildman–Crippen MR) is 79.4 cm³/mol. The quantitative estimate of drug-likeness (QED) is 0.353. The Labute approximate surface area is 119 Å². The lowest BCUT2D eigenvalue weighted by Gasteiger charge is -2.43. The molecule has 0 bridgehead atoms. The highest BCUT2D eigenvalue weighted by molar-refractivity contribution is 6.02. The van der Waals surface area contributed by atoms with Gasteiger partial charge in [-0.2, -0.15) is 5.10 Å². The third kappa shape index (κ3) is 2.33. The molecule has 1 aliphatic rings. The number of hydrogen-bond donors (Lipinski definition) is 2. The first-order valence-corrected chi connectivity index (χ1v) is 6.85. The largest absolute Gasteiger partial charge is 0.409 e. The molecular formula is C13H24N6O. The molecule has 0 amide bonds. The van der Waals surface area contributed by atoms with Crippen molar-refractivity contribution in [1.29, 1.82) is 0 Å². The van der Waals surface area contributed by atoms with Crippen molar-refractivity contribution in [2.24, 2.45) is 17.9 Å². The summed E-state index contributed by atoms with van der Waals surface area (Å²) in [6.45, 7) is 8.07. The number of aryl methyl sites for hydroxylation is 2. The van der Waals surface area contributed by atoms with Gasteiger partial charge in [-0.1, -0.05) is 5.16 Å². The van der Waals surface area contributed by atoms with Crippen molar-refractivity contribution in [2.75, 3.05) is 25.0 Å². The maximum Gasteiger partial charge on any atom is 0.175 e. The third-order valence-electron chi connectivity index (χ3n) is 4.22. The Hall–Kier alpha value is -1.76. The van der Waals surface area contributed by atoms with Crippen LogP contribution in [0.1, 0.15) is 25.1 Å². The molecule has 0 aromatic carbocycles. The van der Waals surface area contributed by atoms with E-state index in [1.54, 1.807) is 0 Å². The lowest BCUT2D eigenvalue weighted by atomic mass is 10.1. The van der Waals surface area contributed by atoms with E-state index in [2.05, 4.69) is 40.9 Å². The van der Waals surface area contributed by atoms with Crippen molar-refractivity contribution in [1.82, 2.24) is 14.7 Å². The smallest absolute Gasteiger partial charge is 0.175 e. The Balaban J connectivity index is 2.43. The maximum atomic E-state index is 8.99. The molecule has 0 spiro atoms. The molecule has 20 heavy (non-hydrogen) atoms. The van der Waals surface area contributed by atoms with E-state index in [1.165, 1.54) is 0 Å². The number of oxime groups is 1. The second-order valence-corrected chi connectivity index (χ2v) is 5.66. The third-order valence-corrected chi connectivity index (χ3v) is 4.22. The van der Waals surface area contributed by atoms with Gasteiger partial charge in [0.05, 0.1) is 11.3 Å². The molecule has 1 fully saturated rings. The SMILES string of the molecule is Cc1nn(C)c(N2CC(C)N(C)C(C)C2)c1C(N)=NO. The lowest BCUT2D eigenvalue weighted by Crippen LogP contribution is -2.55. The molecule has 1 saturated heterocycles. The Kier molecular flexibility index (Phi) is 3.89. The Morgan fingerprint density at radius 3 is 2.35 bits per heavy atom. The van der Waals surface area contributed by atoms with E-state index in [0.717, 1.165) is 30.2 Å². The van der Waals surface area contributed by atoms with Crippen LogP contribution in [-0.2, 0) is 7.05 Å². The summed E-state index contributed by atoms with van der Waals surface area (Å²) in [5, 5.41) is 16.5. The van der Waals surface area contributed by atoms with Crippen LogP contribution in [0.4, 0.5) is 5.82 Å². The molecule has 1 aliphatic heterocycles. The zero-order chi connectivity index (χ0) is 15.0. The van der Waals surface area contributed by atoms with E-state index in [-0.39, 0.29) is 5.84 Å². The van der Waals surface area contributed by atoms with Crippen LogP contribution in [-0.4, -0.2) is 57.9 Å².